The molecule has 0 spiro atoms. The number of para-hydroxylation sites is 1. The van der Waals surface area contributed by atoms with Crippen LogP contribution in [0.25, 0.3) is 0 Å². The molecule has 1 aromatic carbocycles. The first-order valence-electron chi connectivity index (χ1n) is 5.90. The van der Waals surface area contributed by atoms with Crippen LogP contribution in [0, 0.1) is 10.1 Å². The van der Waals surface area contributed by atoms with E-state index in [1.165, 1.54) is 18.2 Å². The monoisotopic (exact) mass is 267 g/mol. The summed E-state index contributed by atoms with van der Waals surface area (Å²) in [6.45, 7) is 7.10. The van der Waals surface area contributed by atoms with Crippen molar-refractivity contribution >= 4 is 11.7 Å². The van der Waals surface area contributed by atoms with Gasteiger partial charge in [-0.2, -0.15) is 0 Å². The molecule has 0 saturated carbocycles. The van der Waals surface area contributed by atoms with Crippen LogP contribution in [0.2, 0.25) is 0 Å². The van der Waals surface area contributed by atoms with E-state index in [2.05, 4.69) is 0 Å². The molecular formula is C13H17NO5. The number of benzene rings is 1. The van der Waals surface area contributed by atoms with E-state index in [4.69, 9.17) is 9.47 Å². The van der Waals surface area contributed by atoms with Gasteiger partial charge in [-0.1, -0.05) is 6.07 Å². The van der Waals surface area contributed by atoms with Crippen LogP contribution in [0.1, 0.15) is 38.1 Å². The summed E-state index contributed by atoms with van der Waals surface area (Å²) in [5.41, 5.74) is -0.848. The van der Waals surface area contributed by atoms with Crippen LogP contribution in [-0.4, -0.2) is 23.1 Å². The van der Waals surface area contributed by atoms with Gasteiger partial charge in [-0.3, -0.25) is 10.1 Å². The SMILES string of the molecule is CCOC(=O)c1cccc([N+](=O)[O-])c1OC(C)(C)C. The van der Waals surface area contributed by atoms with Crippen molar-refractivity contribution in [2.24, 2.45) is 0 Å². The molecule has 0 bridgehead atoms. The molecule has 0 N–H and O–H groups in total. The summed E-state index contributed by atoms with van der Waals surface area (Å²) >= 11 is 0. The number of nitro benzene ring substituents is 1. The van der Waals surface area contributed by atoms with Crippen LogP contribution in [-0.2, 0) is 4.74 Å². The fourth-order valence-electron chi connectivity index (χ4n) is 1.45. The van der Waals surface area contributed by atoms with Gasteiger partial charge in [0.25, 0.3) is 0 Å². The molecule has 6 heteroatoms. The maximum absolute atomic E-state index is 11.8. The lowest BCUT2D eigenvalue weighted by Gasteiger charge is -2.22. The molecule has 0 aromatic heterocycles. The van der Waals surface area contributed by atoms with Crippen LogP contribution in [0.5, 0.6) is 5.75 Å². The van der Waals surface area contributed by atoms with Gasteiger partial charge in [0, 0.05) is 6.07 Å². The van der Waals surface area contributed by atoms with Crippen molar-refractivity contribution in [3.63, 3.8) is 0 Å². The van der Waals surface area contributed by atoms with Crippen molar-refractivity contribution in [2.75, 3.05) is 6.61 Å². The van der Waals surface area contributed by atoms with Crippen LogP contribution >= 0.6 is 0 Å². The Morgan fingerprint density at radius 1 is 1.37 bits per heavy atom. The smallest absolute Gasteiger partial charge is 0.342 e. The minimum absolute atomic E-state index is 0.0570. The minimum Gasteiger partial charge on any atom is -0.480 e. The average Bonchev–Trinajstić information content (AvgIpc) is 2.27. The van der Waals surface area contributed by atoms with Crippen LogP contribution in [0.3, 0.4) is 0 Å². The van der Waals surface area contributed by atoms with Gasteiger partial charge < -0.3 is 9.47 Å². The average molecular weight is 267 g/mol. The Kier molecular flexibility index (Phi) is 4.47. The molecule has 0 unspecified atom stereocenters. The van der Waals surface area contributed by atoms with Crippen molar-refractivity contribution in [3.8, 4) is 5.75 Å². The Morgan fingerprint density at radius 2 is 2.00 bits per heavy atom. The lowest BCUT2D eigenvalue weighted by atomic mass is 10.1. The lowest BCUT2D eigenvalue weighted by Crippen LogP contribution is -2.25. The highest BCUT2D eigenvalue weighted by Gasteiger charge is 2.27. The van der Waals surface area contributed by atoms with Gasteiger partial charge in [0.1, 0.15) is 11.2 Å². The van der Waals surface area contributed by atoms with Crippen molar-refractivity contribution in [3.05, 3.63) is 33.9 Å². The second-order valence-electron chi connectivity index (χ2n) is 4.85. The molecule has 0 aliphatic heterocycles. The van der Waals surface area contributed by atoms with E-state index in [9.17, 15) is 14.9 Å². The molecule has 104 valence electrons. The standard InChI is InChI=1S/C13H17NO5/c1-5-18-12(15)9-7-6-8-10(14(16)17)11(9)19-13(2,3)4/h6-8H,5H2,1-4H3. The molecule has 0 fully saturated rings. The third-order valence-electron chi connectivity index (χ3n) is 2.09. The van der Waals surface area contributed by atoms with Crippen molar-refractivity contribution in [1.82, 2.24) is 0 Å². The minimum atomic E-state index is -0.659. The van der Waals surface area contributed by atoms with Gasteiger partial charge in [-0.25, -0.2) is 4.79 Å². The summed E-state index contributed by atoms with van der Waals surface area (Å²) in [4.78, 5) is 22.2. The normalized spacial score (nSPS) is 10.9. The zero-order valence-corrected chi connectivity index (χ0v) is 11.4. The molecule has 0 radical (unpaired) electrons. The van der Waals surface area contributed by atoms with Crippen LogP contribution in [0.15, 0.2) is 18.2 Å². The van der Waals surface area contributed by atoms with Gasteiger partial charge >= 0.3 is 11.7 Å². The summed E-state index contributed by atoms with van der Waals surface area (Å²) in [6.07, 6.45) is 0. The summed E-state index contributed by atoms with van der Waals surface area (Å²) in [5, 5.41) is 11.0. The maximum Gasteiger partial charge on any atom is 0.342 e. The molecule has 0 aliphatic rings. The molecule has 0 amide bonds. The molecule has 0 aliphatic carbocycles. The first-order chi connectivity index (χ1) is 8.76. The van der Waals surface area contributed by atoms with E-state index in [1.54, 1.807) is 27.7 Å². The molecule has 19 heavy (non-hydrogen) atoms. The third-order valence-corrected chi connectivity index (χ3v) is 2.09. The fourth-order valence-corrected chi connectivity index (χ4v) is 1.45. The molecule has 0 atom stereocenters. The molecular weight excluding hydrogens is 250 g/mol. The van der Waals surface area contributed by atoms with Crippen molar-refractivity contribution in [2.45, 2.75) is 33.3 Å². The van der Waals surface area contributed by atoms with E-state index < -0.39 is 16.5 Å². The number of hydrogen-bond donors (Lipinski definition) is 0. The first kappa shape index (κ1) is 14.9. The highest BCUT2D eigenvalue weighted by atomic mass is 16.6. The Labute approximate surface area is 111 Å². The first-order valence-corrected chi connectivity index (χ1v) is 5.90. The number of nitrogens with zero attached hydrogens (tertiary/aromatic N) is 1. The molecule has 6 nitrogen and oxygen atoms in total. The summed E-state index contributed by atoms with van der Waals surface area (Å²) in [6, 6.07) is 4.18. The number of rotatable bonds is 4. The summed E-state index contributed by atoms with van der Waals surface area (Å²) < 4.78 is 10.4. The van der Waals surface area contributed by atoms with Gasteiger partial charge in [0.15, 0.2) is 0 Å². The number of carbonyl (C=O) groups excluding carboxylic acids is 1. The second kappa shape index (κ2) is 5.69. The fraction of sp³-hybridized carbons (Fsp3) is 0.462. The Morgan fingerprint density at radius 3 is 2.47 bits per heavy atom. The lowest BCUT2D eigenvalue weighted by molar-refractivity contribution is -0.386. The molecule has 0 saturated heterocycles. The van der Waals surface area contributed by atoms with E-state index in [0.717, 1.165) is 0 Å². The van der Waals surface area contributed by atoms with Gasteiger partial charge in [0.05, 0.1) is 11.5 Å². The number of nitro groups is 1. The molecule has 0 heterocycles. The number of hydrogen-bond acceptors (Lipinski definition) is 5. The van der Waals surface area contributed by atoms with Crippen molar-refractivity contribution in [1.29, 1.82) is 0 Å². The largest absolute Gasteiger partial charge is 0.480 e. The third kappa shape index (κ3) is 3.94. The molecule has 1 aromatic rings. The van der Waals surface area contributed by atoms with Crippen LogP contribution < -0.4 is 4.74 Å². The van der Waals surface area contributed by atoms with Gasteiger partial charge in [-0.15, -0.1) is 0 Å². The maximum atomic E-state index is 11.8. The molecule has 1 rings (SSSR count). The van der Waals surface area contributed by atoms with Crippen molar-refractivity contribution < 1.29 is 19.2 Å². The number of ether oxygens (including phenoxy) is 2. The highest BCUT2D eigenvalue weighted by molar-refractivity contribution is 5.94. The topological polar surface area (TPSA) is 78.7 Å². The Bertz CT molecular complexity index is 490. The Hall–Kier alpha value is -2.11. The predicted octanol–water partition coefficient (Wildman–Crippen LogP) is 2.95. The number of esters is 1. The Balaban J connectivity index is 3.34. The second-order valence-corrected chi connectivity index (χ2v) is 4.85. The predicted molar refractivity (Wildman–Crippen MR) is 69.4 cm³/mol. The van der Waals surface area contributed by atoms with E-state index in [1.807, 2.05) is 0 Å². The van der Waals surface area contributed by atoms with Crippen LogP contribution in [0.4, 0.5) is 5.69 Å². The highest BCUT2D eigenvalue weighted by Crippen LogP contribution is 2.34. The van der Waals surface area contributed by atoms with E-state index in [0.29, 0.717) is 0 Å². The summed E-state index contributed by atoms with van der Waals surface area (Å²) in [5.74, 6) is -0.691. The van der Waals surface area contributed by atoms with Gasteiger partial charge in [0.2, 0.25) is 5.75 Å². The quantitative estimate of drug-likeness (QED) is 0.476. The summed E-state index contributed by atoms with van der Waals surface area (Å²) in [7, 11) is 0. The van der Waals surface area contributed by atoms with E-state index in [-0.39, 0.29) is 23.6 Å². The van der Waals surface area contributed by atoms with E-state index >= 15 is 0 Å². The zero-order chi connectivity index (χ0) is 14.6. The number of carbonyl (C=O) groups is 1. The zero-order valence-electron chi connectivity index (χ0n) is 11.4. The van der Waals surface area contributed by atoms with Gasteiger partial charge in [-0.05, 0) is 33.8 Å².